The number of aromatic nitrogens is 2. The summed E-state index contributed by atoms with van der Waals surface area (Å²) in [5.74, 6) is 6.55. The Hall–Kier alpha value is -1.63. The molecule has 1 aliphatic rings. The van der Waals surface area contributed by atoms with E-state index in [1.54, 1.807) is 0 Å². The molecule has 1 fully saturated rings. The van der Waals surface area contributed by atoms with Crippen LogP contribution < -0.4 is 16.6 Å². The maximum absolute atomic E-state index is 5.42. The molecule has 1 aliphatic carbocycles. The van der Waals surface area contributed by atoms with Crippen LogP contribution in [0.4, 0.5) is 0 Å². The van der Waals surface area contributed by atoms with Gasteiger partial charge >= 0.3 is 0 Å². The van der Waals surface area contributed by atoms with Gasteiger partial charge in [-0.1, -0.05) is 24.4 Å². The van der Waals surface area contributed by atoms with E-state index in [1.807, 2.05) is 0 Å². The van der Waals surface area contributed by atoms with Gasteiger partial charge in [0.15, 0.2) is 5.82 Å². The fraction of sp³-hybridized carbons (Fsp3) is 0.700. The Balaban J connectivity index is 1.84. The van der Waals surface area contributed by atoms with Crippen molar-refractivity contribution in [1.29, 1.82) is 0 Å². The van der Waals surface area contributed by atoms with Crippen LogP contribution >= 0.6 is 0 Å². The second kappa shape index (κ2) is 6.19. The molecule has 2 rings (SSSR count). The van der Waals surface area contributed by atoms with Crippen LogP contribution in [-0.4, -0.2) is 22.1 Å². The Kier molecular flexibility index (Phi) is 4.31. The first-order valence-electron chi connectivity index (χ1n) is 5.91. The number of nitrogens with two attached hydrogens (primary N) is 1. The Morgan fingerprint density at radius 2 is 2.29 bits per heavy atom. The third-order valence-electron chi connectivity index (χ3n) is 2.87. The molecule has 1 aromatic rings. The Morgan fingerprint density at radius 3 is 2.94 bits per heavy atom. The first-order valence-corrected chi connectivity index (χ1v) is 5.91. The van der Waals surface area contributed by atoms with Crippen LogP contribution in [0.25, 0.3) is 0 Å². The largest absolute Gasteiger partial charge is 0.353 e. The first kappa shape index (κ1) is 11.8. The van der Waals surface area contributed by atoms with Gasteiger partial charge in [0.2, 0.25) is 12.4 Å². The van der Waals surface area contributed by atoms with Crippen LogP contribution in [0.5, 0.6) is 0 Å². The van der Waals surface area contributed by atoms with Gasteiger partial charge in [-0.05, 0) is 12.8 Å². The van der Waals surface area contributed by atoms with Gasteiger partial charge in [-0.2, -0.15) is 4.98 Å². The topological polar surface area (TPSA) is 101 Å². The number of nitrogens with zero attached hydrogens (tertiary/aromatic N) is 3. The van der Waals surface area contributed by atoms with E-state index in [0.29, 0.717) is 24.4 Å². The van der Waals surface area contributed by atoms with Gasteiger partial charge in [0, 0.05) is 6.04 Å². The summed E-state index contributed by atoms with van der Waals surface area (Å²) in [6.07, 6.45) is 7.48. The molecule has 0 atom stereocenters. The van der Waals surface area contributed by atoms with E-state index >= 15 is 0 Å². The van der Waals surface area contributed by atoms with Crippen LogP contribution in [-0.2, 0) is 6.54 Å². The molecule has 17 heavy (non-hydrogen) atoms. The summed E-state index contributed by atoms with van der Waals surface area (Å²) in [6, 6.07) is 0.462. The highest BCUT2D eigenvalue weighted by atomic mass is 16.5. The molecule has 1 heterocycles. The zero-order valence-electron chi connectivity index (χ0n) is 9.72. The van der Waals surface area contributed by atoms with E-state index in [1.165, 1.54) is 38.5 Å². The fourth-order valence-electron chi connectivity index (χ4n) is 1.99. The molecule has 4 N–H and O–H groups in total. The lowest BCUT2D eigenvalue weighted by atomic mass is 9.96. The lowest BCUT2D eigenvalue weighted by molar-refractivity contribution is 0.407. The normalized spacial score (nSPS) is 18.1. The van der Waals surface area contributed by atoms with Gasteiger partial charge in [0.05, 0.1) is 0 Å². The van der Waals surface area contributed by atoms with Crippen LogP contribution in [0.1, 0.15) is 37.9 Å². The van der Waals surface area contributed by atoms with Crippen molar-refractivity contribution in [3.8, 4) is 0 Å². The first-order chi connectivity index (χ1) is 8.38. The SMILES string of the molecule is NNC(=NCc1ncon1)NC1CCCCC1. The summed E-state index contributed by atoms with van der Waals surface area (Å²) in [4.78, 5) is 8.15. The maximum atomic E-state index is 5.42. The van der Waals surface area contributed by atoms with E-state index in [-0.39, 0.29) is 0 Å². The molecule has 0 radical (unpaired) electrons. The molecule has 94 valence electrons. The van der Waals surface area contributed by atoms with Crippen molar-refractivity contribution in [3.63, 3.8) is 0 Å². The Labute approximate surface area is 99.8 Å². The number of aliphatic imine (C=N–C) groups is 1. The van der Waals surface area contributed by atoms with Crippen LogP contribution in [0.3, 0.4) is 0 Å². The quantitative estimate of drug-likeness (QED) is 0.303. The van der Waals surface area contributed by atoms with Crippen molar-refractivity contribution in [2.24, 2.45) is 10.8 Å². The van der Waals surface area contributed by atoms with Crippen molar-refractivity contribution >= 4 is 5.96 Å². The number of rotatable bonds is 3. The number of hydrogen-bond donors (Lipinski definition) is 3. The van der Waals surface area contributed by atoms with Crippen LogP contribution in [0.2, 0.25) is 0 Å². The molecule has 7 heteroatoms. The minimum Gasteiger partial charge on any atom is -0.353 e. The van der Waals surface area contributed by atoms with Crippen LogP contribution in [0.15, 0.2) is 15.9 Å². The van der Waals surface area contributed by atoms with Crippen molar-refractivity contribution < 1.29 is 4.52 Å². The highest BCUT2D eigenvalue weighted by molar-refractivity contribution is 5.79. The van der Waals surface area contributed by atoms with Crippen molar-refractivity contribution in [2.45, 2.75) is 44.7 Å². The third-order valence-corrected chi connectivity index (χ3v) is 2.87. The predicted molar refractivity (Wildman–Crippen MR) is 62.8 cm³/mol. The monoisotopic (exact) mass is 238 g/mol. The predicted octanol–water partition coefficient (Wildman–Crippen LogP) is 0.311. The Morgan fingerprint density at radius 1 is 1.47 bits per heavy atom. The number of nitrogens with one attached hydrogen (secondary N) is 2. The van der Waals surface area contributed by atoms with Crippen molar-refractivity contribution in [1.82, 2.24) is 20.9 Å². The van der Waals surface area contributed by atoms with Crippen molar-refractivity contribution in [2.75, 3.05) is 0 Å². The smallest absolute Gasteiger partial charge is 0.213 e. The van der Waals surface area contributed by atoms with Crippen molar-refractivity contribution in [3.05, 3.63) is 12.2 Å². The van der Waals surface area contributed by atoms with E-state index in [4.69, 9.17) is 5.84 Å². The molecule has 0 aliphatic heterocycles. The number of hydrazine groups is 1. The summed E-state index contributed by atoms with van der Waals surface area (Å²) in [5.41, 5.74) is 2.56. The lowest BCUT2D eigenvalue weighted by Gasteiger charge is -2.24. The van der Waals surface area contributed by atoms with Crippen LogP contribution in [0, 0.1) is 0 Å². The second-order valence-electron chi connectivity index (χ2n) is 4.14. The number of hydrogen-bond acceptors (Lipinski definition) is 5. The average molecular weight is 238 g/mol. The second-order valence-corrected chi connectivity index (χ2v) is 4.14. The summed E-state index contributed by atoms with van der Waals surface area (Å²) in [7, 11) is 0. The highest BCUT2D eigenvalue weighted by Crippen LogP contribution is 2.17. The summed E-state index contributed by atoms with van der Waals surface area (Å²) in [5, 5.41) is 6.98. The van der Waals surface area contributed by atoms with E-state index in [0.717, 1.165) is 0 Å². The number of guanidine groups is 1. The molecule has 0 spiro atoms. The maximum Gasteiger partial charge on any atom is 0.213 e. The standard InChI is InChI=1S/C10H18N6O/c11-15-10(12-6-9-13-7-17-16-9)14-8-4-2-1-3-5-8/h7-8H,1-6,11H2,(H2,12,14,15). The molecule has 0 amide bonds. The van der Waals surface area contributed by atoms with E-state index in [2.05, 4.69) is 30.4 Å². The molecule has 0 bridgehead atoms. The van der Waals surface area contributed by atoms with Gasteiger partial charge in [-0.15, -0.1) is 0 Å². The van der Waals surface area contributed by atoms with E-state index in [9.17, 15) is 0 Å². The summed E-state index contributed by atoms with van der Waals surface area (Å²) in [6.45, 7) is 0.357. The highest BCUT2D eigenvalue weighted by Gasteiger charge is 2.14. The Bertz CT molecular complexity index is 344. The minimum absolute atomic E-state index is 0.357. The fourth-order valence-corrected chi connectivity index (χ4v) is 1.99. The van der Waals surface area contributed by atoms with E-state index < -0.39 is 0 Å². The molecular weight excluding hydrogens is 220 g/mol. The minimum atomic E-state index is 0.357. The van der Waals surface area contributed by atoms with Gasteiger partial charge < -0.3 is 9.84 Å². The zero-order chi connectivity index (χ0) is 11.9. The van der Waals surface area contributed by atoms with Gasteiger partial charge in [0.1, 0.15) is 6.54 Å². The molecule has 7 nitrogen and oxygen atoms in total. The van der Waals surface area contributed by atoms with Gasteiger partial charge in [-0.3, -0.25) is 5.43 Å². The van der Waals surface area contributed by atoms with Gasteiger partial charge in [0.25, 0.3) is 0 Å². The average Bonchev–Trinajstić information content (AvgIpc) is 2.89. The summed E-state index contributed by atoms with van der Waals surface area (Å²) >= 11 is 0. The lowest BCUT2D eigenvalue weighted by Crippen LogP contribution is -2.47. The molecule has 0 saturated heterocycles. The molecule has 0 aromatic carbocycles. The third kappa shape index (κ3) is 3.70. The zero-order valence-corrected chi connectivity index (χ0v) is 9.72. The molecule has 1 saturated carbocycles. The molecule has 0 unspecified atom stereocenters. The molecule has 1 aromatic heterocycles. The van der Waals surface area contributed by atoms with Gasteiger partial charge in [-0.25, -0.2) is 10.8 Å². The summed E-state index contributed by atoms with van der Waals surface area (Å²) < 4.78 is 4.63. The molecular formula is C10H18N6O.